The fourth-order valence-corrected chi connectivity index (χ4v) is 6.21. The average Bonchev–Trinajstić information content (AvgIpc) is 3.45. The van der Waals surface area contributed by atoms with Crippen molar-refractivity contribution in [3.05, 3.63) is 10.6 Å². The van der Waals surface area contributed by atoms with Gasteiger partial charge in [-0.2, -0.15) is 4.98 Å². The maximum absolute atomic E-state index is 11.7. The topological polar surface area (TPSA) is 127 Å². The molecule has 4 heterocycles. The van der Waals surface area contributed by atoms with Crippen LogP contribution in [0.5, 0.6) is 0 Å². The average molecular weight is 525 g/mol. The van der Waals surface area contributed by atoms with Crippen LogP contribution in [0.15, 0.2) is 9.32 Å². The quantitative estimate of drug-likeness (QED) is 0.467. The number of nitrogens with one attached hydrogen (secondary N) is 2. The van der Waals surface area contributed by atoms with Crippen LogP contribution in [-0.4, -0.2) is 61.0 Å². The van der Waals surface area contributed by atoms with Gasteiger partial charge in [0.25, 0.3) is 0 Å². The molecule has 3 aromatic heterocycles. The summed E-state index contributed by atoms with van der Waals surface area (Å²) >= 11 is 0. The number of hydrogen-bond acceptors (Lipinski definition) is 9. The Morgan fingerprint density at radius 2 is 1.87 bits per heavy atom. The second kappa shape index (κ2) is 10.3. The van der Waals surface area contributed by atoms with E-state index in [9.17, 15) is 4.79 Å². The number of H-pyrrole nitrogens is 1. The number of imidazole rings is 1. The first-order valence-electron chi connectivity index (χ1n) is 14.4. The fourth-order valence-electron chi connectivity index (χ4n) is 6.21. The summed E-state index contributed by atoms with van der Waals surface area (Å²) < 4.78 is 13.1. The Morgan fingerprint density at radius 1 is 1.08 bits per heavy atom. The number of morpholine rings is 1. The molecule has 1 aliphatic heterocycles. The number of aromatic amines is 1. The van der Waals surface area contributed by atoms with Crippen LogP contribution in [0.3, 0.4) is 0 Å². The number of rotatable bonds is 7. The molecule has 11 heteroatoms. The summed E-state index contributed by atoms with van der Waals surface area (Å²) in [7, 11) is 0. The van der Waals surface area contributed by atoms with Gasteiger partial charge in [-0.05, 0) is 64.2 Å². The minimum Gasteiger partial charge on any atom is -0.375 e. The van der Waals surface area contributed by atoms with Crippen molar-refractivity contribution in [1.82, 2.24) is 29.7 Å². The van der Waals surface area contributed by atoms with E-state index in [-0.39, 0.29) is 24.0 Å². The summed E-state index contributed by atoms with van der Waals surface area (Å²) in [4.78, 5) is 31.5. The highest BCUT2D eigenvalue weighted by Gasteiger charge is 2.33. The van der Waals surface area contributed by atoms with E-state index in [1.165, 1.54) is 44.9 Å². The van der Waals surface area contributed by atoms with Crippen molar-refractivity contribution < 1.29 is 9.26 Å². The summed E-state index contributed by atoms with van der Waals surface area (Å²) in [5.74, 6) is 3.53. The molecule has 0 amide bonds. The van der Waals surface area contributed by atoms with Crippen LogP contribution in [0.25, 0.3) is 22.8 Å². The number of fused-ring (bicyclic) bond motifs is 1. The molecule has 6 rings (SSSR count). The number of anilines is 2. The maximum Gasteiger partial charge on any atom is 0.439 e. The molecule has 11 nitrogen and oxygen atoms in total. The van der Waals surface area contributed by atoms with E-state index in [0.29, 0.717) is 29.9 Å². The van der Waals surface area contributed by atoms with Crippen molar-refractivity contribution in [3.8, 4) is 11.6 Å². The Bertz CT molecular complexity index is 1320. The van der Waals surface area contributed by atoms with Crippen molar-refractivity contribution in [1.29, 1.82) is 0 Å². The predicted molar refractivity (Wildman–Crippen MR) is 145 cm³/mol. The van der Waals surface area contributed by atoms with Gasteiger partial charge in [-0.15, -0.1) is 0 Å². The minimum absolute atomic E-state index is 0.102. The van der Waals surface area contributed by atoms with E-state index in [4.69, 9.17) is 24.2 Å². The highest BCUT2D eigenvalue weighted by atomic mass is 16.5. The monoisotopic (exact) mass is 524 g/mol. The van der Waals surface area contributed by atoms with Crippen molar-refractivity contribution in [2.24, 2.45) is 17.8 Å². The van der Waals surface area contributed by atoms with Crippen molar-refractivity contribution >= 4 is 22.9 Å². The Kier molecular flexibility index (Phi) is 6.88. The van der Waals surface area contributed by atoms with Gasteiger partial charge in [-0.1, -0.05) is 31.3 Å². The third kappa shape index (κ3) is 4.81. The molecule has 0 bridgehead atoms. The molecule has 3 unspecified atom stereocenters. The summed E-state index contributed by atoms with van der Waals surface area (Å²) in [6, 6.07) is 0.436. The van der Waals surface area contributed by atoms with Crippen molar-refractivity contribution in [3.63, 3.8) is 0 Å². The first-order valence-corrected chi connectivity index (χ1v) is 14.4. The SMILES string of the molecule is CC1CCC(Cn2c(N3CCOC(C)C3C)nc3nc(-c4noc(=O)[nH]4)nc(NC(C)C4CCC4)c32)CC1. The molecule has 0 aromatic carbocycles. The van der Waals surface area contributed by atoms with E-state index < -0.39 is 5.76 Å². The largest absolute Gasteiger partial charge is 0.439 e. The van der Waals surface area contributed by atoms with E-state index in [1.54, 1.807) is 0 Å². The lowest BCUT2D eigenvalue weighted by atomic mass is 9.80. The van der Waals surface area contributed by atoms with Gasteiger partial charge < -0.3 is 19.5 Å². The van der Waals surface area contributed by atoms with Crippen LogP contribution < -0.4 is 16.0 Å². The van der Waals surface area contributed by atoms with E-state index in [0.717, 1.165) is 36.3 Å². The first kappa shape index (κ1) is 25.3. The van der Waals surface area contributed by atoms with E-state index >= 15 is 0 Å². The van der Waals surface area contributed by atoms with Gasteiger partial charge in [0, 0.05) is 19.1 Å². The van der Waals surface area contributed by atoms with Crippen LogP contribution in [0.2, 0.25) is 0 Å². The number of nitrogens with zero attached hydrogens (tertiary/aromatic N) is 6. The lowest BCUT2D eigenvalue weighted by Crippen LogP contribution is -2.49. The molecular weight excluding hydrogens is 484 g/mol. The number of aromatic nitrogens is 6. The van der Waals surface area contributed by atoms with Gasteiger partial charge in [0.1, 0.15) is 5.52 Å². The molecule has 2 N–H and O–H groups in total. The Morgan fingerprint density at radius 3 is 2.55 bits per heavy atom. The predicted octanol–water partition coefficient (Wildman–Crippen LogP) is 4.21. The van der Waals surface area contributed by atoms with Gasteiger partial charge in [0.15, 0.2) is 11.5 Å². The van der Waals surface area contributed by atoms with Crippen LogP contribution in [0.1, 0.15) is 72.6 Å². The normalized spacial score (nSPS) is 27.4. The molecular formula is C27H40N8O3. The van der Waals surface area contributed by atoms with Gasteiger partial charge in [-0.3, -0.25) is 9.51 Å². The van der Waals surface area contributed by atoms with Crippen molar-refractivity contribution in [2.45, 2.75) is 97.4 Å². The minimum atomic E-state index is -0.630. The zero-order chi connectivity index (χ0) is 26.4. The summed E-state index contributed by atoms with van der Waals surface area (Å²) in [5, 5.41) is 7.58. The third-order valence-corrected chi connectivity index (χ3v) is 9.17. The van der Waals surface area contributed by atoms with Crippen LogP contribution in [-0.2, 0) is 11.3 Å². The maximum atomic E-state index is 11.7. The van der Waals surface area contributed by atoms with Crippen LogP contribution in [0.4, 0.5) is 11.8 Å². The standard InChI is InChI=1S/C27H40N8O3/c1-15-8-10-19(11-9-15)14-35-21-22(28-16(2)20-6-5-7-20)29-24(25-32-27(36)38-33-25)30-23(21)31-26(35)34-12-13-37-18(4)17(34)3/h15-20H,5-14H2,1-4H3,(H,28,29,30)(H,32,33,36). The second-order valence-electron chi connectivity index (χ2n) is 11.8. The molecule has 1 saturated heterocycles. The molecule has 2 aliphatic carbocycles. The van der Waals surface area contributed by atoms with Gasteiger partial charge >= 0.3 is 5.76 Å². The molecule has 3 aliphatic rings. The molecule has 206 valence electrons. The van der Waals surface area contributed by atoms with Crippen molar-refractivity contribution in [2.75, 3.05) is 23.4 Å². The zero-order valence-electron chi connectivity index (χ0n) is 22.9. The zero-order valence-corrected chi connectivity index (χ0v) is 22.9. The van der Waals surface area contributed by atoms with Crippen LogP contribution in [0, 0.1) is 17.8 Å². The highest BCUT2D eigenvalue weighted by Crippen LogP contribution is 2.37. The molecule has 0 spiro atoms. The molecule has 3 fully saturated rings. The summed E-state index contributed by atoms with van der Waals surface area (Å²) in [6.45, 7) is 11.2. The fraction of sp³-hybridized carbons (Fsp3) is 0.741. The van der Waals surface area contributed by atoms with Gasteiger partial charge in [-0.25, -0.2) is 14.8 Å². The Hall–Kier alpha value is -2.95. The lowest BCUT2D eigenvalue weighted by Gasteiger charge is -2.39. The van der Waals surface area contributed by atoms with Crippen LogP contribution >= 0.6 is 0 Å². The van der Waals surface area contributed by atoms with E-state index in [1.807, 2.05) is 0 Å². The summed E-state index contributed by atoms with van der Waals surface area (Å²) in [6.07, 6.45) is 8.79. The molecule has 3 atom stereocenters. The molecule has 0 radical (unpaired) electrons. The second-order valence-corrected chi connectivity index (χ2v) is 11.8. The lowest BCUT2D eigenvalue weighted by molar-refractivity contribution is 0.0274. The highest BCUT2D eigenvalue weighted by molar-refractivity contribution is 5.87. The smallest absolute Gasteiger partial charge is 0.375 e. The Labute approximate surface area is 222 Å². The molecule has 38 heavy (non-hydrogen) atoms. The first-order chi connectivity index (χ1) is 18.4. The molecule has 3 aromatic rings. The van der Waals surface area contributed by atoms with Gasteiger partial charge in [0.05, 0.1) is 18.8 Å². The molecule has 2 saturated carbocycles. The summed E-state index contributed by atoms with van der Waals surface area (Å²) in [5.41, 5.74) is 1.53. The van der Waals surface area contributed by atoms with Gasteiger partial charge in [0.2, 0.25) is 17.6 Å². The Balaban J connectivity index is 1.49. The third-order valence-electron chi connectivity index (χ3n) is 9.17. The van der Waals surface area contributed by atoms with E-state index in [2.05, 4.69) is 52.6 Å². The number of ether oxygens (including phenoxy) is 1. The number of hydrogen-bond donors (Lipinski definition) is 2.